The van der Waals surface area contributed by atoms with Crippen molar-refractivity contribution >= 4 is 23.2 Å². The molecule has 1 aliphatic rings. The summed E-state index contributed by atoms with van der Waals surface area (Å²) in [6.07, 6.45) is 2.16. The van der Waals surface area contributed by atoms with E-state index in [1.807, 2.05) is 18.2 Å². The van der Waals surface area contributed by atoms with Crippen LogP contribution in [0, 0.1) is 0 Å². The lowest BCUT2D eigenvalue weighted by Crippen LogP contribution is -2.52. The number of ether oxygens (including phenoxy) is 1. The summed E-state index contributed by atoms with van der Waals surface area (Å²) in [4.78, 5) is 2.32. The first-order valence-electron chi connectivity index (χ1n) is 7.57. The molecule has 2 unspecified atom stereocenters. The smallest absolute Gasteiger partial charge is 0.0858 e. The summed E-state index contributed by atoms with van der Waals surface area (Å²) in [6.45, 7) is 5.90. The van der Waals surface area contributed by atoms with Gasteiger partial charge in [-0.05, 0) is 44.1 Å². The highest BCUT2D eigenvalue weighted by Crippen LogP contribution is 2.23. The Morgan fingerprint density at radius 3 is 2.90 bits per heavy atom. The van der Waals surface area contributed by atoms with Crippen LogP contribution in [0.5, 0.6) is 0 Å². The normalized spacial score (nSPS) is 21.4. The maximum atomic E-state index is 6.31. The van der Waals surface area contributed by atoms with Gasteiger partial charge in [0.05, 0.1) is 12.7 Å². The summed E-state index contributed by atoms with van der Waals surface area (Å²) in [5.41, 5.74) is 1.12. The highest BCUT2D eigenvalue weighted by Gasteiger charge is 2.27. The van der Waals surface area contributed by atoms with E-state index >= 15 is 0 Å². The van der Waals surface area contributed by atoms with E-state index in [9.17, 15) is 0 Å². The second-order valence-electron chi connectivity index (χ2n) is 5.67. The van der Waals surface area contributed by atoms with Gasteiger partial charge in [0.15, 0.2) is 0 Å². The number of morpholine rings is 1. The van der Waals surface area contributed by atoms with Crippen LogP contribution in [0.3, 0.4) is 0 Å². The van der Waals surface area contributed by atoms with Crippen molar-refractivity contribution in [3.8, 4) is 0 Å². The topological polar surface area (TPSA) is 24.5 Å². The number of hydrogen-bond acceptors (Lipinski definition) is 3. The van der Waals surface area contributed by atoms with Gasteiger partial charge in [0, 0.05) is 29.2 Å². The SMILES string of the molecule is CCCNC(Cc1ccc(Cl)cc1Cl)C1CN(C)CCO1. The highest BCUT2D eigenvalue weighted by molar-refractivity contribution is 6.35. The summed E-state index contributed by atoms with van der Waals surface area (Å²) in [5.74, 6) is 0. The number of halogens is 2. The maximum absolute atomic E-state index is 6.31. The molecule has 0 saturated carbocycles. The Balaban J connectivity index is 2.07. The van der Waals surface area contributed by atoms with Gasteiger partial charge >= 0.3 is 0 Å². The van der Waals surface area contributed by atoms with Crippen LogP contribution in [0.4, 0.5) is 0 Å². The first kappa shape index (κ1) is 17.0. The summed E-state index contributed by atoms with van der Waals surface area (Å²) in [7, 11) is 2.14. The van der Waals surface area contributed by atoms with Crippen LogP contribution in [0.25, 0.3) is 0 Å². The fourth-order valence-corrected chi connectivity index (χ4v) is 3.13. The molecule has 0 spiro atoms. The van der Waals surface area contributed by atoms with E-state index in [1.165, 1.54) is 0 Å². The average molecular weight is 331 g/mol. The van der Waals surface area contributed by atoms with E-state index in [0.717, 1.165) is 49.7 Å². The Labute approximate surface area is 137 Å². The highest BCUT2D eigenvalue weighted by atomic mass is 35.5. The minimum Gasteiger partial charge on any atom is -0.374 e. The van der Waals surface area contributed by atoms with E-state index in [1.54, 1.807) is 0 Å². The van der Waals surface area contributed by atoms with Gasteiger partial charge in [-0.25, -0.2) is 0 Å². The van der Waals surface area contributed by atoms with E-state index in [2.05, 4.69) is 24.2 Å². The van der Waals surface area contributed by atoms with Crippen molar-refractivity contribution in [3.63, 3.8) is 0 Å². The monoisotopic (exact) mass is 330 g/mol. The van der Waals surface area contributed by atoms with Crippen molar-refractivity contribution in [1.29, 1.82) is 0 Å². The lowest BCUT2D eigenvalue weighted by molar-refractivity contribution is -0.0383. The summed E-state index contributed by atoms with van der Waals surface area (Å²) in [5, 5.41) is 5.01. The second kappa shape index (κ2) is 8.35. The third-order valence-corrected chi connectivity index (χ3v) is 4.44. The number of likely N-dealkylation sites (N-methyl/N-ethyl adjacent to an activating group) is 1. The molecular weight excluding hydrogens is 307 g/mol. The third-order valence-electron chi connectivity index (χ3n) is 3.86. The van der Waals surface area contributed by atoms with Crippen LogP contribution in [0.1, 0.15) is 18.9 Å². The third kappa shape index (κ3) is 5.11. The van der Waals surface area contributed by atoms with Gasteiger partial charge in [0.1, 0.15) is 0 Å². The number of nitrogens with one attached hydrogen (secondary N) is 1. The molecule has 1 N–H and O–H groups in total. The minimum atomic E-state index is 0.196. The van der Waals surface area contributed by atoms with Crippen molar-refractivity contribution in [2.24, 2.45) is 0 Å². The summed E-state index contributed by atoms with van der Waals surface area (Å²) in [6, 6.07) is 5.99. The maximum Gasteiger partial charge on any atom is 0.0858 e. The van der Waals surface area contributed by atoms with Crippen LogP contribution < -0.4 is 5.32 Å². The van der Waals surface area contributed by atoms with E-state index < -0.39 is 0 Å². The zero-order valence-corrected chi connectivity index (χ0v) is 14.3. The molecule has 2 atom stereocenters. The quantitative estimate of drug-likeness (QED) is 0.866. The van der Waals surface area contributed by atoms with Crippen molar-refractivity contribution in [3.05, 3.63) is 33.8 Å². The zero-order valence-electron chi connectivity index (χ0n) is 12.7. The van der Waals surface area contributed by atoms with Crippen molar-refractivity contribution in [1.82, 2.24) is 10.2 Å². The molecule has 0 amide bonds. The fourth-order valence-electron chi connectivity index (χ4n) is 2.64. The molecule has 0 bridgehead atoms. The zero-order chi connectivity index (χ0) is 15.2. The Morgan fingerprint density at radius 2 is 2.24 bits per heavy atom. The fraction of sp³-hybridized carbons (Fsp3) is 0.625. The van der Waals surface area contributed by atoms with Gasteiger partial charge in [-0.3, -0.25) is 0 Å². The summed E-state index contributed by atoms with van der Waals surface area (Å²) >= 11 is 12.3. The molecule has 1 saturated heterocycles. The second-order valence-corrected chi connectivity index (χ2v) is 6.52. The van der Waals surface area contributed by atoms with Gasteiger partial charge in [0.25, 0.3) is 0 Å². The molecule has 3 nitrogen and oxygen atoms in total. The first-order chi connectivity index (χ1) is 10.1. The molecule has 1 aromatic carbocycles. The molecule has 1 aliphatic heterocycles. The first-order valence-corrected chi connectivity index (χ1v) is 8.33. The van der Waals surface area contributed by atoms with Crippen LogP contribution in [-0.2, 0) is 11.2 Å². The van der Waals surface area contributed by atoms with Crippen LogP contribution >= 0.6 is 23.2 Å². The van der Waals surface area contributed by atoms with E-state index in [0.29, 0.717) is 5.02 Å². The Hall–Kier alpha value is -0.320. The molecule has 0 aliphatic carbocycles. The molecular formula is C16H24Cl2N2O. The molecule has 1 fully saturated rings. The molecule has 2 rings (SSSR count). The molecule has 1 heterocycles. The van der Waals surface area contributed by atoms with Gasteiger partial charge in [-0.15, -0.1) is 0 Å². The molecule has 0 aromatic heterocycles. The predicted molar refractivity (Wildman–Crippen MR) is 89.5 cm³/mol. The molecule has 5 heteroatoms. The number of nitrogens with zero attached hydrogens (tertiary/aromatic N) is 1. The van der Waals surface area contributed by atoms with Gasteiger partial charge in [-0.2, -0.15) is 0 Å². The van der Waals surface area contributed by atoms with Gasteiger partial charge in [0.2, 0.25) is 0 Å². The standard InChI is InChI=1S/C16H24Cl2N2O/c1-3-6-19-15(16-11-20(2)7-8-21-16)9-12-4-5-13(17)10-14(12)18/h4-5,10,15-16,19H,3,6-9,11H2,1-2H3. The Kier molecular flexibility index (Phi) is 6.77. The molecule has 0 radical (unpaired) electrons. The number of rotatable bonds is 6. The van der Waals surface area contributed by atoms with Crippen LogP contribution in [0.15, 0.2) is 18.2 Å². The average Bonchev–Trinajstić information content (AvgIpc) is 2.45. The number of benzene rings is 1. The van der Waals surface area contributed by atoms with E-state index in [4.69, 9.17) is 27.9 Å². The largest absolute Gasteiger partial charge is 0.374 e. The molecule has 118 valence electrons. The van der Waals surface area contributed by atoms with Crippen LogP contribution in [-0.4, -0.2) is 50.3 Å². The lowest BCUT2D eigenvalue weighted by Gasteiger charge is -2.36. The van der Waals surface area contributed by atoms with Crippen molar-refractivity contribution in [2.75, 3.05) is 33.3 Å². The predicted octanol–water partition coefficient (Wildman–Crippen LogP) is 3.23. The Morgan fingerprint density at radius 1 is 1.43 bits per heavy atom. The summed E-state index contributed by atoms with van der Waals surface area (Å²) < 4.78 is 5.97. The minimum absolute atomic E-state index is 0.196. The van der Waals surface area contributed by atoms with Crippen molar-refractivity contribution in [2.45, 2.75) is 31.9 Å². The number of hydrogen-bond donors (Lipinski definition) is 1. The lowest BCUT2D eigenvalue weighted by atomic mass is 9.99. The molecule has 1 aromatic rings. The van der Waals surface area contributed by atoms with Crippen LogP contribution in [0.2, 0.25) is 10.0 Å². The Bertz CT molecular complexity index is 456. The van der Waals surface area contributed by atoms with Gasteiger partial charge in [-0.1, -0.05) is 36.2 Å². The van der Waals surface area contributed by atoms with Gasteiger partial charge < -0.3 is 15.0 Å². The van der Waals surface area contributed by atoms with E-state index in [-0.39, 0.29) is 12.1 Å². The van der Waals surface area contributed by atoms with Crippen molar-refractivity contribution < 1.29 is 4.74 Å². The molecule has 21 heavy (non-hydrogen) atoms.